The van der Waals surface area contributed by atoms with Crippen LogP contribution in [-0.2, 0) is 6.54 Å². The van der Waals surface area contributed by atoms with Gasteiger partial charge in [-0.3, -0.25) is 9.69 Å². The van der Waals surface area contributed by atoms with Crippen LogP contribution in [0.25, 0.3) is 0 Å². The second-order valence-corrected chi connectivity index (χ2v) is 6.66. The molecule has 1 N–H and O–H groups in total. The summed E-state index contributed by atoms with van der Waals surface area (Å²) in [6.07, 6.45) is 0.909. The minimum Gasteiger partial charge on any atom is -0.354 e. The van der Waals surface area contributed by atoms with Crippen molar-refractivity contribution in [2.75, 3.05) is 37.6 Å². The third-order valence-electron chi connectivity index (χ3n) is 4.54. The van der Waals surface area contributed by atoms with Gasteiger partial charge in [0.25, 0.3) is 5.91 Å². The summed E-state index contributed by atoms with van der Waals surface area (Å²) in [6.45, 7) is 9.28. The Balaban J connectivity index is 1.62. The van der Waals surface area contributed by atoms with Gasteiger partial charge in [0.15, 0.2) is 0 Å². The van der Waals surface area contributed by atoms with Crippen LogP contribution in [0, 0.1) is 6.92 Å². The van der Waals surface area contributed by atoms with E-state index in [0.29, 0.717) is 18.1 Å². The molecule has 6 heteroatoms. The molecule has 0 aliphatic carbocycles. The first kappa shape index (κ1) is 18.3. The average Bonchev–Trinajstić information content (AvgIpc) is 2.67. The van der Waals surface area contributed by atoms with Gasteiger partial charge in [-0.2, -0.15) is 0 Å². The SMILES string of the molecule is CCCNC(=O)c1cc(N2CCN(Cc3ccccc3)CC2)nc(C)n1. The number of aryl methyl sites for hydroxylation is 1. The van der Waals surface area contributed by atoms with Crippen LogP contribution in [-0.4, -0.2) is 53.5 Å². The second-order valence-electron chi connectivity index (χ2n) is 6.66. The van der Waals surface area contributed by atoms with Crippen molar-refractivity contribution in [1.82, 2.24) is 20.2 Å². The van der Waals surface area contributed by atoms with Gasteiger partial charge in [-0.15, -0.1) is 0 Å². The molecular formula is C20H27N5O. The van der Waals surface area contributed by atoms with E-state index >= 15 is 0 Å². The molecule has 1 saturated heterocycles. The molecule has 26 heavy (non-hydrogen) atoms. The number of rotatable bonds is 6. The van der Waals surface area contributed by atoms with Crippen molar-refractivity contribution in [1.29, 1.82) is 0 Å². The molecule has 0 radical (unpaired) electrons. The maximum atomic E-state index is 12.2. The maximum Gasteiger partial charge on any atom is 0.270 e. The summed E-state index contributed by atoms with van der Waals surface area (Å²) in [6, 6.07) is 12.4. The Morgan fingerprint density at radius 1 is 1.12 bits per heavy atom. The van der Waals surface area contributed by atoms with Crippen LogP contribution in [0.2, 0.25) is 0 Å². The molecule has 1 fully saturated rings. The Kier molecular flexibility index (Phi) is 6.17. The average molecular weight is 353 g/mol. The fourth-order valence-corrected chi connectivity index (χ4v) is 3.14. The van der Waals surface area contributed by atoms with Crippen LogP contribution < -0.4 is 10.2 Å². The Bertz CT molecular complexity index is 726. The van der Waals surface area contributed by atoms with Gasteiger partial charge in [-0.25, -0.2) is 9.97 Å². The summed E-state index contributed by atoms with van der Waals surface area (Å²) >= 11 is 0. The van der Waals surface area contributed by atoms with Crippen LogP contribution >= 0.6 is 0 Å². The van der Waals surface area contributed by atoms with Crippen molar-refractivity contribution in [2.45, 2.75) is 26.8 Å². The first-order valence-electron chi connectivity index (χ1n) is 9.31. The third kappa shape index (κ3) is 4.79. The lowest BCUT2D eigenvalue weighted by Crippen LogP contribution is -2.46. The van der Waals surface area contributed by atoms with Gasteiger partial charge >= 0.3 is 0 Å². The highest BCUT2D eigenvalue weighted by Crippen LogP contribution is 2.16. The van der Waals surface area contributed by atoms with Gasteiger partial charge in [0.2, 0.25) is 0 Å². The zero-order chi connectivity index (χ0) is 18.4. The van der Waals surface area contributed by atoms with E-state index < -0.39 is 0 Å². The lowest BCUT2D eigenvalue weighted by Gasteiger charge is -2.35. The summed E-state index contributed by atoms with van der Waals surface area (Å²) in [7, 11) is 0. The first-order chi connectivity index (χ1) is 12.7. The fourth-order valence-electron chi connectivity index (χ4n) is 3.14. The zero-order valence-corrected chi connectivity index (χ0v) is 15.6. The molecule has 0 unspecified atom stereocenters. The number of carbonyl (C=O) groups excluding carboxylic acids is 1. The highest BCUT2D eigenvalue weighted by Gasteiger charge is 2.20. The quantitative estimate of drug-likeness (QED) is 0.863. The number of piperazine rings is 1. The van der Waals surface area contributed by atoms with E-state index in [1.54, 1.807) is 0 Å². The van der Waals surface area contributed by atoms with Crippen LogP contribution in [0.15, 0.2) is 36.4 Å². The number of benzene rings is 1. The Morgan fingerprint density at radius 2 is 1.85 bits per heavy atom. The van der Waals surface area contributed by atoms with Crippen molar-refractivity contribution < 1.29 is 4.79 Å². The summed E-state index contributed by atoms with van der Waals surface area (Å²) < 4.78 is 0. The number of nitrogens with one attached hydrogen (secondary N) is 1. The second kappa shape index (κ2) is 8.76. The molecule has 1 aliphatic heterocycles. The van der Waals surface area contributed by atoms with E-state index in [1.807, 2.05) is 26.0 Å². The van der Waals surface area contributed by atoms with Gasteiger partial charge in [-0.1, -0.05) is 37.3 Å². The normalized spacial score (nSPS) is 15.1. The van der Waals surface area contributed by atoms with Crippen molar-refractivity contribution in [3.8, 4) is 0 Å². The predicted molar refractivity (Wildman–Crippen MR) is 103 cm³/mol. The minimum absolute atomic E-state index is 0.124. The van der Waals surface area contributed by atoms with Crippen LogP contribution in [0.5, 0.6) is 0 Å². The molecule has 0 bridgehead atoms. The number of aromatic nitrogens is 2. The van der Waals surface area contributed by atoms with E-state index in [-0.39, 0.29) is 5.91 Å². The van der Waals surface area contributed by atoms with Gasteiger partial charge < -0.3 is 10.2 Å². The molecule has 1 aliphatic rings. The molecule has 0 spiro atoms. The smallest absolute Gasteiger partial charge is 0.270 e. The van der Waals surface area contributed by atoms with Crippen LogP contribution in [0.4, 0.5) is 5.82 Å². The molecule has 1 aromatic carbocycles. The lowest BCUT2D eigenvalue weighted by molar-refractivity contribution is 0.0948. The fraction of sp³-hybridized carbons (Fsp3) is 0.450. The summed E-state index contributed by atoms with van der Waals surface area (Å²) in [5.74, 6) is 1.36. The summed E-state index contributed by atoms with van der Waals surface area (Å²) in [5.41, 5.74) is 1.79. The van der Waals surface area contributed by atoms with Crippen molar-refractivity contribution in [2.24, 2.45) is 0 Å². The van der Waals surface area contributed by atoms with Gasteiger partial charge in [-0.05, 0) is 18.9 Å². The van der Waals surface area contributed by atoms with Gasteiger partial charge in [0.05, 0.1) is 0 Å². The molecule has 138 valence electrons. The summed E-state index contributed by atoms with van der Waals surface area (Å²) in [4.78, 5) is 25.8. The van der Waals surface area contributed by atoms with E-state index in [4.69, 9.17) is 0 Å². The first-order valence-corrected chi connectivity index (χ1v) is 9.31. The zero-order valence-electron chi connectivity index (χ0n) is 15.6. The molecule has 6 nitrogen and oxygen atoms in total. The molecule has 1 amide bonds. The highest BCUT2D eigenvalue weighted by atomic mass is 16.1. The molecule has 2 aromatic rings. The van der Waals surface area contributed by atoms with E-state index in [1.165, 1.54) is 5.56 Å². The van der Waals surface area contributed by atoms with Crippen molar-refractivity contribution in [3.63, 3.8) is 0 Å². The molecule has 2 heterocycles. The molecular weight excluding hydrogens is 326 g/mol. The summed E-state index contributed by atoms with van der Waals surface area (Å²) in [5, 5.41) is 2.88. The number of amides is 1. The van der Waals surface area contributed by atoms with E-state index in [0.717, 1.165) is 45.0 Å². The Labute approximate surface area is 155 Å². The number of nitrogens with zero attached hydrogens (tertiary/aromatic N) is 4. The van der Waals surface area contributed by atoms with Crippen molar-refractivity contribution >= 4 is 11.7 Å². The van der Waals surface area contributed by atoms with Gasteiger partial charge in [0.1, 0.15) is 17.3 Å². The number of carbonyl (C=O) groups is 1. The monoisotopic (exact) mass is 353 g/mol. The van der Waals surface area contributed by atoms with E-state index in [2.05, 4.69) is 49.4 Å². The highest BCUT2D eigenvalue weighted by molar-refractivity contribution is 5.92. The molecule has 3 rings (SSSR count). The Hall–Kier alpha value is -2.47. The molecule has 0 saturated carbocycles. The van der Waals surface area contributed by atoms with Gasteiger partial charge in [0, 0.05) is 45.3 Å². The maximum absolute atomic E-state index is 12.2. The number of anilines is 1. The largest absolute Gasteiger partial charge is 0.354 e. The number of hydrogen-bond donors (Lipinski definition) is 1. The third-order valence-corrected chi connectivity index (χ3v) is 4.54. The van der Waals surface area contributed by atoms with Crippen LogP contribution in [0.1, 0.15) is 35.2 Å². The lowest BCUT2D eigenvalue weighted by atomic mass is 10.2. The number of hydrogen-bond acceptors (Lipinski definition) is 5. The van der Waals surface area contributed by atoms with Crippen molar-refractivity contribution in [3.05, 3.63) is 53.5 Å². The van der Waals surface area contributed by atoms with E-state index in [9.17, 15) is 4.79 Å². The standard InChI is InChI=1S/C20H27N5O/c1-3-9-21-20(26)18-14-19(23-16(2)22-18)25-12-10-24(11-13-25)15-17-7-5-4-6-8-17/h4-8,14H,3,9-13,15H2,1-2H3,(H,21,26). The van der Waals surface area contributed by atoms with Crippen LogP contribution in [0.3, 0.4) is 0 Å². The topological polar surface area (TPSA) is 61.4 Å². The molecule has 0 atom stereocenters. The molecule has 1 aromatic heterocycles. The predicted octanol–water partition coefficient (Wildman–Crippen LogP) is 2.25. The minimum atomic E-state index is -0.124. The Morgan fingerprint density at radius 3 is 2.54 bits per heavy atom.